The van der Waals surface area contributed by atoms with Gasteiger partial charge in [0.25, 0.3) is 0 Å². The smallest absolute Gasteiger partial charge is 0.237 e. The van der Waals surface area contributed by atoms with Gasteiger partial charge in [0.1, 0.15) is 0 Å². The molecule has 122 valence electrons. The predicted molar refractivity (Wildman–Crippen MR) is 101 cm³/mol. The van der Waals surface area contributed by atoms with Crippen LogP contribution in [0.15, 0.2) is 35.2 Å². The van der Waals surface area contributed by atoms with E-state index >= 15 is 0 Å². The van der Waals surface area contributed by atoms with Crippen LogP contribution in [0.4, 0.5) is 5.69 Å². The third kappa shape index (κ3) is 4.38. The zero-order valence-electron chi connectivity index (χ0n) is 14.8. The second-order valence-electron chi connectivity index (χ2n) is 6.27. The molecule has 0 aliphatic rings. The maximum atomic E-state index is 12.5. The molecule has 0 aliphatic carbocycles. The summed E-state index contributed by atoms with van der Waals surface area (Å²) in [6, 6.07) is 10.5. The normalized spacial score (nSPS) is 12.1. The fourth-order valence-electron chi connectivity index (χ4n) is 2.65. The molecule has 2 rings (SSSR count). The summed E-state index contributed by atoms with van der Waals surface area (Å²) in [7, 11) is 0. The van der Waals surface area contributed by atoms with Gasteiger partial charge in [0.2, 0.25) is 5.91 Å². The standard InChI is InChI=1S/C20H25NOS/c1-12-9-15(4)19(16(5)10-12)21-20(22)17(6)23-18-8-7-13(2)14(3)11-18/h7-11,17H,1-6H3,(H,21,22)/t17-/m1/s1. The SMILES string of the molecule is Cc1cc(C)c(NC(=O)[C@@H](C)Sc2ccc(C)c(C)c2)c(C)c1. The average Bonchev–Trinajstić information content (AvgIpc) is 2.46. The van der Waals surface area contributed by atoms with E-state index in [9.17, 15) is 4.79 Å². The zero-order valence-corrected chi connectivity index (χ0v) is 15.6. The van der Waals surface area contributed by atoms with Crippen LogP contribution in [-0.2, 0) is 4.79 Å². The van der Waals surface area contributed by atoms with Gasteiger partial charge >= 0.3 is 0 Å². The van der Waals surface area contributed by atoms with Crippen LogP contribution in [-0.4, -0.2) is 11.2 Å². The number of aryl methyl sites for hydroxylation is 5. The average molecular weight is 327 g/mol. The van der Waals surface area contributed by atoms with Crippen LogP contribution < -0.4 is 5.32 Å². The number of thioether (sulfide) groups is 1. The molecule has 2 aromatic rings. The summed E-state index contributed by atoms with van der Waals surface area (Å²) in [5.74, 6) is 0.0447. The van der Waals surface area contributed by atoms with Gasteiger partial charge in [-0.3, -0.25) is 4.79 Å². The molecule has 23 heavy (non-hydrogen) atoms. The van der Waals surface area contributed by atoms with E-state index in [2.05, 4.69) is 56.4 Å². The lowest BCUT2D eigenvalue weighted by molar-refractivity contribution is -0.115. The molecule has 2 aromatic carbocycles. The van der Waals surface area contributed by atoms with Crippen molar-refractivity contribution in [2.45, 2.75) is 51.7 Å². The number of anilines is 1. The van der Waals surface area contributed by atoms with Gasteiger partial charge in [0.15, 0.2) is 0 Å². The van der Waals surface area contributed by atoms with E-state index in [-0.39, 0.29) is 11.2 Å². The van der Waals surface area contributed by atoms with Gasteiger partial charge in [0, 0.05) is 10.6 Å². The minimum absolute atomic E-state index is 0.0447. The molecule has 1 N–H and O–H groups in total. The number of nitrogens with one attached hydrogen (secondary N) is 1. The van der Waals surface area contributed by atoms with E-state index in [1.54, 1.807) is 11.8 Å². The quantitative estimate of drug-likeness (QED) is 0.767. The number of rotatable bonds is 4. The molecule has 0 heterocycles. The lowest BCUT2D eigenvalue weighted by Crippen LogP contribution is -2.23. The first-order valence-corrected chi connectivity index (χ1v) is 8.78. The summed E-state index contributed by atoms with van der Waals surface area (Å²) < 4.78 is 0. The van der Waals surface area contributed by atoms with Crippen molar-refractivity contribution in [1.29, 1.82) is 0 Å². The monoisotopic (exact) mass is 327 g/mol. The number of carbonyl (C=O) groups excluding carboxylic acids is 1. The molecule has 0 aliphatic heterocycles. The van der Waals surface area contributed by atoms with Crippen molar-refractivity contribution in [2.24, 2.45) is 0 Å². The molecule has 0 saturated heterocycles. The number of hydrogen-bond acceptors (Lipinski definition) is 2. The molecule has 1 amide bonds. The van der Waals surface area contributed by atoms with Crippen LogP contribution in [0.2, 0.25) is 0 Å². The van der Waals surface area contributed by atoms with Gasteiger partial charge in [-0.2, -0.15) is 0 Å². The second-order valence-corrected chi connectivity index (χ2v) is 7.68. The highest BCUT2D eigenvalue weighted by Crippen LogP contribution is 2.27. The summed E-state index contributed by atoms with van der Waals surface area (Å²) in [6.45, 7) is 12.3. The van der Waals surface area contributed by atoms with E-state index in [1.165, 1.54) is 16.7 Å². The first-order chi connectivity index (χ1) is 10.8. The molecule has 2 nitrogen and oxygen atoms in total. The number of benzene rings is 2. The first kappa shape index (κ1) is 17.6. The maximum Gasteiger partial charge on any atom is 0.237 e. The fraction of sp³-hybridized carbons (Fsp3) is 0.350. The van der Waals surface area contributed by atoms with Gasteiger partial charge in [-0.1, -0.05) is 23.8 Å². The number of amides is 1. The molecule has 0 spiro atoms. The minimum Gasteiger partial charge on any atom is -0.325 e. The first-order valence-electron chi connectivity index (χ1n) is 7.90. The largest absolute Gasteiger partial charge is 0.325 e. The maximum absolute atomic E-state index is 12.5. The van der Waals surface area contributed by atoms with Crippen molar-refractivity contribution in [3.05, 3.63) is 58.1 Å². The Balaban J connectivity index is 2.10. The van der Waals surface area contributed by atoms with Crippen LogP contribution in [0.3, 0.4) is 0 Å². The van der Waals surface area contributed by atoms with Crippen molar-refractivity contribution in [3.8, 4) is 0 Å². The molecule has 0 radical (unpaired) electrons. The predicted octanol–water partition coefficient (Wildman–Crippen LogP) is 5.35. The molecule has 0 aromatic heterocycles. The summed E-state index contributed by atoms with van der Waals surface area (Å²) in [5.41, 5.74) is 6.91. The molecular weight excluding hydrogens is 302 g/mol. The van der Waals surface area contributed by atoms with Crippen molar-refractivity contribution < 1.29 is 4.79 Å². The van der Waals surface area contributed by atoms with Crippen molar-refractivity contribution in [2.75, 3.05) is 5.32 Å². The van der Waals surface area contributed by atoms with E-state index in [0.29, 0.717) is 0 Å². The third-order valence-electron chi connectivity index (χ3n) is 4.09. The summed E-state index contributed by atoms with van der Waals surface area (Å²) in [5, 5.41) is 2.95. The Kier molecular flexibility index (Phi) is 5.53. The Hall–Kier alpha value is -1.74. The summed E-state index contributed by atoms with van der Waals surface area (Å²) in [6.07, 6.45) is 0. The third-order valence-corrected chi connectivity index (χ3v) is 5.18. The molecule has 0 saturated carbocycles. The van der Waals surface area contributed by atoms with Gasteiger partial charge in [0.05, 0.1) is 5.25 Å². The van der Waals surface area contributed by atoms with Gasteiger partial charge in [-0.25, -0.2) is 0 Å². The van der Waals surface area contributed by atoms with E-state index < -0.39 is 0 Å². The minimum atomic E-state index is -0.141. The molecule has 1 atom stereocenters. The van der Waals surface area contributed by atoms with Crippen molar-refractivity contribution in [1.82, 2.24) is 0 Å². The Morgan fingerprint density at radius 1 is 0.913 bits per heavy atom. The molecular formula is C20H25NOS. The van der Waals surface area contributed by atoms with Gasteiger partial charge in [-0.15, -0.1) is 11.8 Å². The Morgan fingerprint density at radius 3 is 2.09 bits per heavy atom. The van der Waals surface area contributed by atoms with E-state index in [1.807, 2.05) is 20.8 Å². The van der Waals surface area contributed by atoms with Gasteiger partial charge < -0.3 is 5.32 Å². The summed E-state index contributed by atoms with van der Waals surface area (Å²) in [4.78, 5) is 13.7. The second kappa shape index (κ2) is 7.22. The highest BCUT2D eigenvalue weighted by molar-refractivity contribution is 8.00. The molecule has 0 unspecified atom stereocenters. The zero-order chi connectivity index (χ0) is 17.1. The molecule has 0 bridgehead atoms. The van der Waals surface area contributed by atoms with Crippen molar-refractivity contribution in [3.63, 3.8) is 0 Å². The van der Waals surface area contributed by atoms with Crippen LogP contribution in [0.25, 0.3) is 0 Å². The number of carbonyl (C=O) groups is 1. The lowest BCUT2D eigenvalue weighted by atomic mass is 10.1. The lowest BCUT2D eigenvalue weighted by Gasteiger charge is -2.16. The van der Waals surface area contributed by atoms with E-state index in [4.69, 9.17) is 0 Å². The van der Waals surface area contributed by atoms with E-state index in [0.717, 1.165) is 21.7 Å². The van der Waals surface area contributed by atoms with Crippen LogP contribution >= 0.6 is 11.8 Å². The Labute approximate surface area is 143 Å². The molecule has 0 fully saturated rings. The Morgan fingerprint density at radius 2 is 1.52 bits per heavy atom. The fourth-order valence-corrected chi connectivity index (χ4v) is 3.61. The van der Waals surface area contributed by atoms with Crippen molar-refractivity contribution >= 4 is 23.4 Å². The highest BCUT2D eigenvalue weighted by Gasteiger charge is 2.16. The van der Waals surface area contributed by atoms with Crippen LogP contribution in [0, 0.1) is 34.6 Å². The summed E-state index contributed by atoms with van der Waals surface area (Å²) >= 11 is 1.60. The number of hydrogen-bond donors (Lipinski definition) is 1. The topological polar surface area (TPSA) is 29.1 Å². The molecule has 3 heteroatoms. The van der Waals surface area contributed by atoms with Gasteiger partial charge in [-0.05, 0) is 75.9 Å². The Bertz CT molecular complexity index is 713. The van der Waals surface area contributed by atoms with Crippen LogP contribution in [0.5, 0.6) is 0 Å². The van der Waals surface area contributed by atoms with Crippen LogP contribution in [0.1, 0.15) is 34.7 Å². The highest BCUT2D eigenvalue weighted by atomic mass is 32.2.